The Labute approximate surface area is 127 Å². The van der Waals surface area contributed by atoms with Gasteiger partial charge in [-0.25, -0.2) is 4.79 Å². The van der Waals surface area contributed by atoms with Crippen LogP contribution in [-0.4, -0.2) is 23.3 Å². The molecule has 0 atom stereocenters. The van der Waals surface area contributed by atoms with Crippen LogP contribution in [0.1, 0.15) is 16.1 Å². The molecule has 0 saturated carbocycles. The molecule has 1 aromatic heterocycles. The van der Waals surface area contributed by atoms with Gasteiger partial charge < -0.3 is 10.1 Å². The predicted octanol–water partition coefficient (Wildman–Crippen LogP) is 3.47. The summed E-state index contributed by atoms with van der Waals surface area (Å²) in [5.74, 6) is 0.109. The molecule has 1 N–H and O–H groups in total. The molecule has 3 rings (SSSR count). The number of benzene rings is 2. The van der Waals surface area contributed by atoms with Crippen LogP contribution < -0.4 is 5.32 Å². The number of aromatic nitrogens is 2. The number of rotatable bonds is 3. The third kappa shape index (κ3) is 2.61. The molecular formula is C17H15N3O2. The molecule has 0 bridgehead atoms. The molecule has 110 valence electrons. The highest BCUT2D eigenvalue weighted by Crippen LogP contribution is 2.26. The Morgan fingerprint density at radius 3 is 2.36 bits per heavy atom. The van der Waals surface area contributed by atoms with Crippen molar-refractivity contribution in [2.45, 2.75) is 6.92 Å². The van der Waals surface area contributed by atoms with Crippen molar-refractivity contribution < 1.29 is 9.53 Å². The van der Waals surface area contributed by atoms with E-state index in [0.717, 1.165) is 11.1 Å². The summed E-state index contributed by atoms with van der Waals surface area (Å²) < 4.78 is 4.75. The molecule has 0 spiro atoms. The van der Waals surface area contributed by atoms with Crippen molar-refractivity contribution in [2.24, 2.45) is 0 Å². The molecule has 0 radical (unpaired) electrons. The second-order valence-electron chi connectivity index (χ2n) is 4.93. The van der Waals surface area contributed by atoms with Gasteiger partial charge in [0.1, 0.15) is 0 Å². The molecule has 0 aliphatic carbocycles. The van der Waals surface area contributed by atoms with Crippen molar-refractivity contribution in [3.63, 3.8) is 0 Å². The molecule has 0 saturated heterocycles. The summed E-state index contributed by atoms with van der Waals surface area (Å²) in [4.78, 5) is 11.8. The summed E-state index contributed by atoms with van der Waals surface area (Å²) in [5.41, 5.74) is 2.31. The molecular weight excluding hydrogens is 278 g/mol. The minimum atomic E-state index is -0.495. The van der Waals surface area contributed by atoms with E-state index in [-0.39, 0.29) is 5.69 Å². The van der Waals surface area contributed by atoms with Gasteiger partial charge in [-0.05, 0) is 19.1 Å². The number of carbonyl (C=O) groups is 1. The maximum atomic E-state index is 11.8. The van der Waals surface area contributed by atoms with Gasteiger partial charge in [0.25, 0.3) is 0 Å². The monoisotopic (exact) mass is 293 g/mol. The molecule has 2 aromatic carbocycles. The summed E-state index contributed by atoms with van der Waals surface area (Å²) >= 11 is 0. The fraction of sp³-hybridized carbons (Fsp3) is 0.118. The Morgan fingerprint density at radius 2 is 1.68 bits per heavy atom. The number of nitrogens with zero attached hydrogens (tertiary/aromatic N) is 2. The molecule has 5 nitrogen and oxygen atoms in total. The lowest BCUT2D eigenvalue weighted by Gasteiger charge is -2.10. The molecule has 3 aromatic rings. The smallest absolute Gasteiger partial charge is 0.359 e. The van der Waals surface area contributed by atoms with Crippen LogP contribution in [-0.2, 0) is 4.74 Å². The average molecular weight is 293 g/mol. The van der Waals surface area contributed by atoms with Gasteiger partial charge in [-0.2, -0.15) is 0 Å². The normalized spacial score (nSPS) is 10.5. The van der Waals surface area contributed by atoms with E-state index in [4.69, 9.17) is 4.74 Å². The van der Waals surface area contributed by atoms with Crippen LogP contribution in [0.15, 0.2) is 48.5 Å². The van der Waals surface area contributed by atoms with E-state index in [2.05, 4.69) is 15.5 Å². The summed E-state index contributed by atoms with van der Waals surface area (Å²) in [6, 6.07) is 15.4. The highest BCUT2D eigenvalue weighted by atomic mass is 16.5. The van der Waals surface area contributed by atoms with E-state index in [1.54, 1.807) is 0 Å². The van der Waals surface area contributed by atoms with Crippen molar-refractivity contribution >= 4 is 28.2 Å². The molecule has 1 heterocycles. The molecule has 22 heavy (non-hydrogen) atoms. The highest BCUT2D eigenvalue weighted by Gasteiger charge is 2.15. The van der Waals surface area contributed by atoms with E-state index >= 15 is 0 Å². The topological polar surface area (TPSA) is 64.1 Å². The minimum absolute atomic E-state index is 0.215. The molecule has 0 amide bonds. The van der Waals surface area contributed by atoms with Crippen molar-refractivity contribution in [1.29, 1.82) is 0 Å². The fourth-order valence-corrected chi connectivity index (χ4v) is 2.22. The van der Waals surface area contributed by atoms with Crippen LogP contribution >= 0.6 is 0 Å². The number of fused-ring (bicyclic) bond motifs is 1. The van der Waals surface area contributed by atoms with Crippen molar-refractivity contribution in [2.75, 3.05) is 12.4 Å². The van der Waals surface area contributed by atoms with Crippen LogP contribution in [0.5, 0.6) is 0 Å². The third-order valence-corrected chi connectivity index (χ3v) is 3.38. The Hall–Kier alpha value is -2.95. The van der Waals surface area contributed by atoms with E-state index in [9.17, 15) is 4.79 Å². The first-order valence-corrected chi connectivity index (χ1v) is 6.86. The number of carbonyl (C=O) groups excluding carboxylic acids is 1. The molecule has 5 heteroatoms. The maximum Gasteiger partial charge on any atom is 0.359 e. The summed E-state index contributed by atoms with van der Waals surface area (Å²) in [6.45, 7) is 2.03. The lowest BCUT2D eigenvalue weighted by Crippen LogP contribution is -2.08. The average Bonchev–Trinajstić information content (AvgIpc) is 2.56. The highest BCUT2D eigenvalue weighted by molar-refractivity contribution is 6.05. The molecule has 0 unspecified atom stereocenters. The number of anilines is 2. The zero-order valence-electron chi connectivity index (χ0n) is 12.3. The fourth-order valence-electron chi connectivity index (χ4n) is 2.22. The number of hydrogen-bond acceptors (Lipinski definition) is 5. The summed E-state index contributed by atoms with van der Waals surface area (Å²) in [5, 5.41) is 12.9. The van der Waals surface area contributed by atoms with Gasteiger partial charge in [0.05, 0.1) is 7.11 Å². The molecule has 0 fully saturated rings. The van der Waals surface area contributed by atoms with Gasteiger partial charge in [-0.1, -0.05) is 42.0 Å². The lowest BCUT2D eigenvalue weighted by molar-refractivity contribution is 0.0595. The van der Waals surface area contributed by atoms with E-state index in [1.165, 1.54) is 12.7 Å². The SMILES string of the molecule is COC(=O)c1nnc(Nc2ccc(C)cc2)c2ccccc12. The summed E-state index contributed by atoms with van der Waals surface area (Å²) in [7, 11) is 1.33. The lowest BCUT2D eigenvalue weighted by atomic mass is 10.1. The van der Waals surface area contributed by atoms with E-state index < -0.39 is 5.97 Å². The van der Waals surface area contributed by atoms with Crippen LogP contribution in [0.2, 0.25) is 0 Å². The first kappa shape index (κ1) is 14.0. The number of hydrogen-bond donors (Lipinski definition) is 1. The third-order valence-electron chi connectivity index (χ3n) is 3.38. The van der Waals surface area contributed by atoms with Crippen LogP contribution in [0.4, 0.5) is 11.5 Å². The van der Waals surface area contributed by atoms with Gasteiger partial charge >= 0.3 is 5.97 Å². The zero-order chi connectivity index (χ0) is 15.5. The molecule has 0 aliphatic rings. The minimum Gasteiger partial charge on any atom is -0.464 e. The second-order valence-corrected chi connectivity index (χ2v) is 4.93. The first-order valence-electron chi connectivity index (χ1n) is 6.86. The van der Waals surface area contributed by atoms with Crippen molar-refractivity contribution in [3.8, 4) is 0 Å². The van der Waals surface area contributed by atoms with Crippen LogP contribution in [0.3, 0.4) is 0 Å². The van der Waals surface area contributed by atoms with E-state index in [0.29, 0.717) is 11.2 Å². The van der Waals surface area contributed by atoms with Crippen LogP contribution in [0, 0.1) is 6.92 Å². The standard InChI is InChI=1S/C17H15N3O2/c1-11-7-9-12(10-8-11)18-16-14-6-4-3-5-13(14)15(19-20-16)17(21)22-2/h3-10H,1-2H3,(H,18,20). The number of esters is 1. The first-order chi connectivity index (χ1) is 10.7. The Kier molecular flexibility index (Phi) is 3.70. The van der Waals surface area contributed by atoms with Gasteiger partial charge in [-0.3, -0.25) is 0 Å². The molecule has 0 aliphatic heterocycles. The van der Waals surface area contributed by atoms with E-state index in [1.807, 2.05) is 55.5 Å². The number of nitrogens with one attached hydrogen (secondary N) is 1. The van der Waals surface area contributed by atoms with Gasteiger partial charge in [0.2, 0.25) is 0 Å². The number of methoxy groups -OCH3 is 1. The quantitative estimate of drug-likeness (QED) is 0.749. The van der Waals surface area contributed by atoms with Crippen LogP contribution in [0.25, 0.3) is 10.8 Å². The predicted molar refractivity (Wildman–Crippen MR) is 85.3 cm³/mol. The van der Waals surface area contributed by atoms with Gasteiger partial charge in [0.15, 0.2) is 11.5 Å². The Bertz CT molecular complexity index is 829. The van der Waals surface area contributed by atoms with Gasteiger partial charge in [0, 0.05) is 16.5 Å². The number of aryl methyl sites for hydroxylation is 1. The van der Waals surface area contributed by atoms with Gasteiger partial charge in [-0.15, -0.1) is 10.2 Å². The maximum absolute atomic E-state index is 11.8. The Balaban J connectivity index is 2.07. The van der Waals surface area contributed by atoms with Crippen molar-refractivity contribution in [3.05, 3.63) is 59.8 Å². The number of ether oxygens (including phenoxy) is 1. The summed E-state index contributed by atoms with van der Waals surface area (Å²) in [6.07, 6.45) is 0. The van der Waals surface area contributed by atoms with Crippen molar-refractivity contribution in [1.82, 2.24) is 10.2 Å². The zero-order valence-corrected chi connectivity index (χ0v) is 12.3. The largest absolute Gasteiger partial charge is 0.464 e. The second kappa shape index (κ2) is 5.81. The Morgan fingerprint density at radius 1 is 1.00 bits per heavy atom.